The lowest BCUT2D eigenvalue weighted by Gasteiger charge is -2.33. The first-order chi connectivity index (χ1) is 14.8. The van der Waals surface area contributed by atoms with Crippen molar-refractivity contribution in [3.8, 4) is 11.3 Å². The number of aliphatic hydroxyl groups is 1. The summed E-state index contributed by atoms with van der Waals surface area (Å²) in [6.45, 7) is 7.14. The number of hydrogen-bond acceptors (Lipinski definition) is 6. The van der Waals surface area contributed by atoms with E-state index in [0.717, 1.165) is 29.7 Å². The summed E-state index contributed by atoms with van der Waals surface area (Å²) in [5, 5.41) is 19.0. The Morgan fingerprint density at radius 1 is 1.26 bits per heavy atom. The van der Waals surface area contributed by atoms with E-state index in [4.69, 9.17) is 9.72 Å². The van der Waals surface area contributed by atoms with Crippen LogP contribution in [-0.2, 0) is 11.8 Å². The summed E-state index contributed by atoms with van der Waals surface area (Å²) in [5.74, 6) is -0.247. The molecular weight excluding hydrogens is 394 g/mol. The van der Waals surface area contributed by atoms with Crippen LogP contribution in [0.3, 0.4) is 0 Å². The third kappa shape index (κ3) is 4.76. The summed E-state index contributed by atoms with van der Waals surface area (Å²) in [4.78, 5) is 20.1. The van der Waals surface area contributed by atoms with E-state index < -0.39 is 5.60 Å². The highest BCUT2D eigenvalue weighted by Gasteiger charge is 2.27. The number of hydrogen-bond donors (Lipinski definition) is 2. The van der Waals surface area contributed by atoms with Crippen molar-refractivity contribution in [1.82, 2.24) is 25.0 Å². The van der Waals surface area contributed by atoms with E-state index >= 15 is 0 Å². The predicted molar refractivity (Wildman–Crippen MR) is 119 cm³/mol. The Hall–Kier alpha value is -2.81. The second kappa shape index (κ2) is 8.74. The molecule has 2 aromatic heterocycles. The molecule has 0 unspecified atom stereocenters. The number of carbonyl (C=O) groups excluding carboxylic acids is 1. The van der Waals surface area contributed by atoms with Gasteiger partial charge in [-0.1, -0.05) is 30.3 Å². The van der Waals surface area contributed by atoms with Crippen LogP contribution in [0, 0.1) is 6.92 Å². The quantitative estimate of drug-likeness (QED) is 0.628. The van der Waals surface area contributed by atoms with Crippen molar-refractivity contribution in [2.75, 3.05) is 39.4 Å². The lowest BCUT2D eigenvalue weighted by Crippen LogP contribution is -2.51. The maximum absolute atomic E-state index is 13.2. The normalized spacial score (nSPS) is 16.9. The topological polar surface area (TPSA) is 92.5 Å². The van der Waals surface area contributed by atoms with Gasteiger partial charge in [0.1, 0.15) is 0 Å². The summed E-state index contributed by atoms with van der Waals surface area (Å²) >= 11 is 0. The summed E-state index contributed by atoms with van der Waals surface area (Å²) in [5.41, 5.74) is 2.50. The monoisotopic (exact) mass is 423 g/mol. The van der Waals surface area contributed by atoms with E-state index in [9.17, 15) is 9.90 Å². The van der Waals surface area contributed by atoms with Gasteiger partial charge in [-0.15, -0.1) is 0 Å². The van der Waals surface area contributed by atoms with Gasteiger partial charge in [0.2, 0.25) is 0 Å². The third-order valence-electron chi connectivity index (χ3n) is 5.58. The molecule has 1 aliphatic rings. The largest absolute Gasteiger partial charge is 0.387 e. The van der Waals surface area contributed by atoms with Crippen molar-refractivity contribution in [1.29, 1.82) is 0 Å². The first-order valence-electron chi connectivity index (χ1n) is 10.5. The molecule has 1 saturated heterocycles. The fourth-order valence-corrected chi connectivity index (χ4v) is 4.04. The van der Waals surface area contributed by atoms with E-state index in [1.54, 1.807) is 17.7 Å². The summed E-state index contributed by atoms with van der Waals surface area (Å²) < 4.78 is 7.06. The molecule has 1 atom stereocenters. The number of aromatic nitrogens is 3. The number of nitrogens with one attached hydrogen (secondary N) is 1. The van der Waals surface area contributed by atoms with Gasteiger partial charge in [0.15, 0.2) is 5.65 Å². The second-order valence-electron chi connectivity index (χ2n) is 8.40. The molecular formula is C23H29N5O3. The SMILES string of the molecule is Cc1nn(C)c2nc(-c3ccccc3)cc(C(=O)NC[C@@](C)(O)CN3CCOCC3)c12. The molecule has 0 bridgehead atoms. The Bertz CT molecular complexity index is 1070. The van der Waals surface area contributed by atoms with Crippen LogP contribution in [0.1, 0.15) is 23.0 Å². The second-order valence-corrected chi connectivity index (χ2v) is 8.40. The van der Waals surface area contributed by atoms with Gasteiger partial charge >= 0.3 is 0 Å². The van der Waals surface area contributed by atoms with Crippen molar-refractivity contribution < 1.29 is 14.6 Å². The Morgan fingerprint density at radius 3 is 2.68 bits per heavy atom. The van der Waals surface area contributed by atoms with Crippen molar-refractivity contribution in [2.45, 2.75) is 19.4 Å². The number of nitrogens with zero attached hydrogens (tertiary/aromatic N) is 4. The highest BCUT2D eigenvalue weighted by atomic mass is 16.5. The Morgan fingerprint density at radius 2 is 1.97 bits per heavy atom. The number of β-amino-alcohol motifs (C(OH)–C–C–N with tert-alkyl or cyclic N) is 1. The van der Waals surface area contributed by atoms with E-state index in [2.05, 4.69) is 15.3 Å². The zero-order valence-electron chi connectivity index (χ0n) is 18.3. The first-order valence-corrected chi connectivity index (χ1v) is 10.5. The van der Waals surface area contributed by atoms with Crippen molar-refractivity contribution >= 4 is 16.9 Å². The van der Waals surface area contributed by atoms with Gasteiger partial charge in [0, 0.05) is 38.8 Å². The zero-order chi connectivity index (χ0) is 22.0. The molecule has 3 heterocycles. The predicted octanol–water partition coefficient (Wildman–Crippen LogP) is 1.76. The minimum atomic E-state index is -1.05. The maximum atomic E-state index is 13.2. The first kappa shape index (κ1) is 21.4. The molecule has 1 fully saturated rings. The van der Waals surface area contributed by atoms with Crippen molar-refractivity contribution in [3.63, 3.8) is 0 Å². The van der Waals surface area contributed by atoms with Gasteiger partial charge in [-0.05, 0) is 19.9 Å². The standard InChI is InChI=1S/C23H29N5O3/c1-16-20-18(22(29)24-14-23(2,30)15-28-9-11-31-12-10-28)13-19(17-7-5-4-6-8-17)25-21(20)27(3)26-16/h4-8,13,30H,9-12,14-15H2,1-3H3,(H,24,29)/t23-/m1/s1. The van der Waals surface area contributed by atoms with Crippen molar-refractivity contribution in [3.05, 3.63) is 47.7 Å². The minimum Gasteiger partial charge on any atom is -0.387 e. The summed E-state index contributed by atoms with van der Waals surface area (Å²) in [6, 6.07) is 11.6. The molecule has 0 radical (unpaired) electrons. The smallest absolute Gasteiger partial charge is 0.252 e. The van der Waals surface area contributed by atoms with Crippen LogP contribution >= 0.6 is 0 Å². The average molecular weight is 424 g/mol. The molecule has 0 aliphatic carbocycles. The van der Waals surface area contributed by atoms with E-state index in [0.29, 0.717) is 36.7 Å². The van der Waals surface area contributed by atoms with E-state index in [1.165, 1.54) is 0 Å². The van der Waals surface area contributed by atoms with Crippen LogP contribution in [0.25, 0.3) is 22.3 Å². The number of pyridine rings is 1. The summed E-state index contributed by atoms with van der Waals surface area (Å²) in [6.07, 6.45) is 0. The number of ether oxygens (including phenoxy) is 1. The van der Waals surface area contributed by atoms with Gasteiger partial charge < -0.3 is 15.2 Å². The average Bonchev–Trinajstić information content (AvgIpc) is 3.06. The number of morpholine rings is 1. The molecule has 1 amide bonds. The molecule has 1 aliphatic heterocycles. The molecule has 1 aromatic carbocycles. The van der Waals surface area contributed by atoms with Crippen LogP contribution in [-0.4, -0.2) is 75.7 Å². The Balaban J connectivity index is 1.59. The van der Waals surface area contributed by atoms with E-state index in [1.807, 2.05) is 44.3 Å². The van der Waals surface area contributed by atoms with Crippen LogP contribution in [0.2, 0.25) is 0 Å². The minimum absolute atomic E-state index is 0.146. The molecule has 3 aromatic rings. The zero-order valence-corrected chi connectivity index (χ0v) is 18.3. The van der Waals surface area contributed by atoms with Crippen molar-refractivity contribution in [2.24, 2.45) is 7.05 Å². The van der Waals surface area contributed by atoms with Gasteiger partial charge in [-0.3, -0.25) is 14.4 Å². The molecule has 0 saturated carbocycles. The molecule has 164 valence electrons. The highest BCUT2D eigenvalue weighted by molar-refractivity contribution is 6.07. The number of carbonyl (C=O) groups is 1. The van der Waals surface area contributed by atoms with Gasteiger partial charge in [0.05, 0.1) is 41.2 Å². The molecule has 0 spiro atoms. The lowest BCUT2D eigenvalue weighted by atomic mass is 10.0. The molecule has 2 N–H and O–H groups in total. The number of fused-ring (bicyclic) bond motifs is 1. The number of rotatable bonds is 6. The highest BCUT2D eigenvalue weighted by Crippen LogP contribution is 2.26. The van der Waals surface area contributed by atoms with Crippen LogP contribution in [0.15, 0.2) is 36.4 Å². The Kier molecular flexibility index (Phi) is 6.04. The molecule has 4 rings (SSSR count). The van der Waals surface area contributed by atoms with Gasteiger partial charge in [-0.25, -0.2) is 4.98 Å². The molecule has 8 nitrogen and oxygen atoms in total. The molecule has 31 heavy (non-hydrogen) atoms. The maximum Gasteiger partial charge on any atom is 0.252 e. The Labute approximate surface area is 181 Å². The third-order valence-corrected chi connectivity index (χ3v) is 5.58. The van der Waals surface area contributed by atoms with E-state index in [-0.39, 0.29) is 12.5 Å². The van der Waals surface area contributed by atoms with Crippen LogP contribution < -0.4 is 5.32 Å². The fraction of sp³-hybridized carbons (Fsp3) is 0.435. The van der Waals surface area contributed by atoms with Crippen LogP contribution in [0.5, 0.6) is 0 Å². The lowest BCUT2D eigenvalue weighted by molar-refractivity contribution is -0.0213. The number of benzene rings is 1. The van der Waals surface area contributed by atoms with Gasteiger partial charge in [0.25, 0.3) is 5.91 Å². The summed E-state index contributed by atoms with van der Waals surface area (Å²) in [7, 11) is 1.83. The number of amides is 1. The fourth-order valence-electron chi connectivity index (χ4n) is 4.04. The number of aryl methyl sites for hydroxylation is 2. The molecule has 8 heteroatoms. The van der Waals surface area contributed by atoms with Gasteiger partial charge in [-0.2, -0.15) is 5.10 Å². The van der Waals surface area contributed by atoms with Crippen LogP contribution in [0.4, 0.5) is 0 Å².